The molecule has 11 heavy (non-hydrogen) atoms. The topological polar surface area (TPSA) is 24.1 Å². The Morgan fingerprint density at radius 3 is 1.09 bits per heavy atom. The van der Waals surface area contributed by atoms with Gasteiger partial charge in [-0.15, -0.1) is 0 Å². The highest BCUT2D eigenvalue weighted by Gasteiger charge is 1.91. The summed E-state index contributed by atoms with van der Waals surface area (Å²) in [6.45, 7) is 12.8. The lowest BCUT2D eigenvalue weighted by atomic mass is 10.4. The molecule has 0 saturated carbocycles. The van der Waals surface area contributed by atoms with Crippen LogP contribution in [0.5, 0.6) is 0 Å². The molecule has 1 saturated heterocycles. The summed E-state index contributed by atoms with van der Waals surface area (Å²) in [5, 5.41) is 6.44. The molecule has 0 aromatic carbocycles. The molecule has 70 valence electrons. The molecule has 0 radical (unpaired) electrons. The third-order valence-corrected chi connectivity index (χ3v) is 0.957. The molecule has 1 fully saturated rings. The van der Waals surface area contributed by atoms with E-state index >= 15 is 0 Å². The quantitative estimate of drug-likeness (QED) is 0.563. The molecule has 1 aliphatic rings. The van der Waals surface area contributed by atoms with Crippen LogP contribution in [0.4, 0.5) is 0 Å². The van der Waals surface area contributed by atoms with Crippen LogP contribution in [0.2, 0.25) is 0 Å². The first-order chi connectivity index (χ1) is 5.41. The Hall–Kier alpha value is -0.0800. The predicted molar refractivity (Wildman–Crippen MR) is 53.1 cm³/mol. The highest BCUT2D eigenvalue weighted by molar-refractivity contribution is 4.59. The van der Waals surface area contributed by atoms with Gasteiger partial charge < -0.3 is 10.6 Å². The van der Waals surface area contributed by atoms with Crippen LogP contribution in [0.25, 0.3) is 0 Å². The Morgan fingerprint density at radius 2 is 1.00 bits per heavy atom. The van der Waals surface area contributed by atoms with Crippen molar-refractivity contribution in [2.75, 3.05) is 26.2 Å². The minimum absolute atomic E-state index is 1.14. The van der Waals surface area contributed by atoms with E-state index in [0.717, 1.165) is 26.2 Å². The van der Waals surface area contributed by atoms with Gasteiger partial charge >= 0.3 is 0 Å². The minimum Gasteiger partial charge on any atom is -0.314 e. The van der Waals surface area contributed by atoms with Gasteiger partial charge in [0, 0.05) is 26.2 Å². The smallest absolute Gasteiger partial charge is 0.00772 e. The van der Waals surface area contributed by atoms with Crippen LogP contribution >= 0.6 is 0 Å². The summed E-state index contributed by atoms with van der Waals surface area (Å²) in [7, 11) is 0. The minimum atomic E-state index is 1.14. The first kappa shape index (κ1) is 13.5. The zero-order valence-electron chi connectivity index (χ0n) is 8.54. The Labute approximate surface area is 71.8 Å². The second-order valence-electron chi connectivity index (χ2n) is 2.21. The predicted octanol–water partition coefficient (Wildman–Crippen LogP) is 1.62. The Bertz CT molecular complexity index is 31.3. The Morgan fingerprint density at radius 1 is 0.818 bits per heavy atom. The lowest BCUT2D eigenvalue weighted by Gasteiger charge is -2.11. The summed E-state index contributed by atoms with van der Waals surface area (Å²) < 4.78 is 0. The first-order valence-corrected chi connectivity index (χ1v) is 4.83. The summed E-state index contributed by atoms with van der Waals surface area (Å²) >= 11 is 0. The summed E-state index contributed by atoms with van der Waals surface area (Å²) in [5.41, 5.74) is 0. The highest BCUT2D eigenvalue weighted by atomic mass is 15.0. The second kappa shape index (κ2) is 16.5. The fraction of sp³-hybridized carbons (Fsp3) is 1.00. The van der Waals surface area contributed by atoms with Gasteiger partial charge in [0.25, 0.3) is 0 Å². The molecule has 2 N–H and O–H groups in total. The van der Waals surface area contributed by atoms with Gasteiger partial charge in [-0.25, -0.2) is 0 Å². The van der Waals surface area contributed by atoms with E-state index in [1.54, 1.807) is 0 Å². The zero-order chi connectivity index (χ0) is 8.95. The fourth-order valence-corrected chi connectivity index (χ4v) is 0.604. The molecule has 0 atom stereocenters. The standard InChI is InChI=1S/C4H10N2.C3H8.C2H6/c1-2-6-4-3-5-1;1-3-2;1-2/h5-6H,1-4H2;3H2,1-2H3;1-2H3. The fourth-order valence-electron chi connectivity index (χ4n) is 0.604. The van der Waals surface area contributed by atoms with E-state index in [1.807, 2.05) is 13.8 Å². The third kappa shape index (κ3) is 17.8. The summed E-state index contributed by atoms with van der Waals surface area (Å²) in [6, 6.07) is 0. The zero-order valence-corrected chi connectivity index (χ0v) is 8.54. The maximum Gasteiger partial charge on any atom is 0.00772 e. The van der Waals surface area contributed by atoms with Crippen LogP contribution < -0.4 is 10.6 Å². The number of nitrogens with one attached hydrogen (secondary N) is 2. The van der Waals surface area contributed by atoms with Crippen molar-refractivity contribution < 1.29 is 0 Å². The van der Waals surface area contributed by atoms with Gasteiger partial charge in [-0.2, -0.15) is 0 Å². The van der Waals surface area contributed by atoms with Crippen molar-refractivity contribution in [3.05, 3.63) is 0 Å². The van der Waals surface area contributed by atoms with Crippen LogP contribution in [-0.2, 0) is 0 Å². The maximum absolute atomic E-state index is 3.22. The van der Waals surface area contributed by atoms with Gasteiger partial charge in [-0.1, -0.05) is 34.1 Å². The van der Waals surface area contributed by atoms with Crippen molar-refractivity contribution >= 4 is 0 Å². The number of hydrogen-bond donors (Lipinski definition) is 2. The molecule has 0 spiro atoms. The van der Waals surface area contributed by atoms with Crippen LogP contribution in [0.15, 0.2) is 0 Å². The van der Waals surface area contributed by atoms with Crippen molar-refractivity contribution in [1.82, 2.24) is 10.6 Å². The molecule has 1 heterocycles. The molecule has 0 aromatic rings. The van der Waals surface area contributed by atoms with Crippen LogP contribution in [-0.4, -0.2) is 26.2 Å². The number of rotatable bonds is 0. The summed E-state index contributed by atoms with van der Waals surface area (Å²) in [6.07, 6.45) is 1.25. The van der Waals surface area contributed by atoms with E-state index in [2.05, 4.69) is 24.5 Å². The van der Waals surface area contributed by atoms with Gasteiger partial charge in [-0.3, -0.25) is 0 Å². The Kier molecular flexibility index (Phi) is 20.2. The molecular formula is C9H24N2. The molecule has 0 bridgehead atoms. The number of piperazine rings is 1. The SMILES string of the molecule is C1CNCCN1.CC.CCC. The van der Waals surface area contributed by atoms with E-state index in [-0.39, 0.29) is 0 Å². The van der Waals surface area contributed by atoms with Crippen molar-refractivity contribution in [1.29, 1.82) is 0 Å². The number of hydrogen-bond acceptors (Lipinski definition) is 2. The lowest BCUT2D eigenvalue weighted by Crippen LogP contribution is -2.39. The molecule has 1 aliphatic heterocycles. The van der Waals surface area contributed by atoms with E-state index in [9.17, 15) is 0 Å². The monoisotopic (exact) mass is 160 g/mol. The third-order valence-electron chi connectivity index (χ3n) is 0.957. The van der Waals surface area contributed by atoms with E-state index in [4.69, 9.17) is 0 Å². The average Bonchev–Trinajstić information content (AvgIpc) is 2.12. The normalized spacial score (nSPS) is 15.3. The molecule has 2 heteroatoms. The molecule has 2 nitrogen and oxygen atoms in total. The van der Waals surface area contributed by atoms with E-state index in [1.165, 1.54) is 6.42 Å². The molecule has 1 rings (SSSR count). The van der Waals surface area contributed by atoms with Crippen LogP contribution in [0.3, 0.4) is 0 Å². The van der Waals surface area contributed by atoms with Crippen molar-refractivity contribution in [3.63, 3.8) is 0 Å². The maximum atomic E-state index is 3.22. The van der Waals surface area contributed by atoms with Gasteiger partial charge in [-0.05, 0) is 0 Å². The van der Waals surface area contributed by atoms with Crippen LogP contribution in [0, 0.1) is 0 Å². The Balaban J connectivity index is 0. The largest absolute Gasteiger partial charge is 0.314 e. The molecule has 0 aliphatic carbocycles. The van der Waals surface area contributed by atoms with Crippen molar-refractivity contribution in [3.8, 4) is 0 Å². The van der Waals surface area contributed by atoms with Gasteiger partial charge in [0.05, 0.1) is 0 Å². The van der Waals surface area contributed by atoms with Crippen molar-refractivity contribution in [2.45, 2.75) is 34.1 Å². The van der Waals surface area contributed by atoms with Crippen molar-refractivity contribution in [2.24, 2.45) is 0 Å². The average molecular weight is 160 g/mol. The first-order valence-electron chi connectivity index (χ1n) is 4.83. The van der Waals surface area contributed by atoms with Gasteiger partial charge in [0.1, 0.15) is 0 Å². The van der Waals surface area contributed by atoms with Gasteiger partial charge in [0.15, 0.2) is 0 Å². The summed E-state index contributed by atoms with van der Waals surface area (Å²) in [5.74, 6) is 0. The molecular weight excluding hydrogens is 136 g/mol. The lowest BCUT2D eigenvalue weighted by molar-refractivity contribution is 0.534. The highest BCUT2D eigenvalue weighted by Crippen LogP contribution is 1.65. The van der Waals surface area contributed by atoms with E-state index in [0.29, 0.717) is 0 Å². The van der Waals surface area contributed by atoms with Gasteiger partial charge in [0.2, 0.25) is 0 Å². The summed E-state index contributed by atoms with van der Waals surface area (Å²) in [4.78, 5) is 0. The van der Waals surface area contributed by atoms with Crippen LogP contribution in [0.1, 0.15) is 34.1 Å². The molecule has 0 aromatic heterocycles. The molecule has 0 amide bonds. The molecule has 0 unspecified atom stereocenters. The van der Waals surface area contributed by atoms with E-state index < -0.39 is 0 Å². The second-order valence-corrected chi connectivity index (χ2v) is 2.21.